The van der Waals surface area contributed by atoms with Crippen LogP contribution in [0.25, 0.3) is 0 Å². The summed E-state index contributed by atoms with van der Waals surface area (Å²) in [4.78, 5) is 11.4. The number of aliphatic hydroxyl groups is 1. The third kappa shape index (κ3) is 1.61. The van der Waals surface area contributed by atoms with Gasteiger partial charge >= 0.3 is 0 Å². The fraction of sp³-hybridized carbons (Fsp3) is 0.333. The standard InChI is InChI=1S/C12H14N2O2/c1-9-8-12(16,14(13-9)10(2)15)11-6-4-3-5-7-11/h3-7,16H,8H2,1-2H3/t12-/m1/s1. The number of benzene rings is 1. The van der Waals surface area contributed by atoms with Crippen molar-refractivity contribution < 1.29 is 9.90 Å². The minimum absolute atomic E-state index is 0.261. The van der Waals surface area contributed by atoms with E-state index in [4.69, 9.17) is 0 Å². The molecule has 1 aromatic rings. The Hall–Kier alpha value is -1.68. The van der Waals surface area contributed by atoms with E-state index in [1.54, 1.807) is 19.1 Å². The predicted octanol–water partition coefficient (Wildman–Crippen LogP) is 1.46. The van der Waals surface area contributed by atoms with Crippen molar-refractivity contribution in [3.63, 3.8) is 0 Å². The minimum Gasteiger partial charge on any atom is -0.365 e. The second-order valence-corrected chi connectivity index (χ2v) is 4.03. The first-order valence-corrected chi connectivity index (χ1v) is 5.17. The first-order valence-electron chi connectivity index (χ1n) is 5.17. The lowest BCUT2D eigenvalue weighted by molar-refractivity contribution is -0.155. The monoisotopic (exact) mass is 218 g/mol. The minimum atomic E-state index is -1.32. The molecule has 1 N–H and O–H groups in total. The van der Waals surface area contributed by atoms with Crippen LogP contribution in [0.4, 0.5) is 0 Å². The van der Waals surface area contributed by atoms with Crippen LogP contribution in [-0.4, -0.2) is 21.7 Å². The molecule has 0 saturated carbocycles. The van der Waals surface area contributed by atoms with Crippen molar-refractivity contribution in [2.45, 2.75) is 26.0 Å². The highest BCUT2D eigenvalue weighted by Gasteiger charge is 2.43. The second-order valence-electron chi connectivity index (χ2n) is 4.03. The molecule has 1 aliphatic rings. The van der Waals surface area contributed by atoms with Gasteiger partial charge in [0.2, 0.25) is 5.91 Å². The van der Waals surface area contributed by atoms with Crippen molar-refractivity contribution in [2.75, 3.05) is 0 Å². The molecule has 1 amide bonds. The number of carbonyl (C=O) groups is 1. The molecular formula is C12H14N2O2. The van der Waals surface area contributed by atoms with E-state index in [-0.39, 0.29) is 5.91 Å². The normalized spacial score (nSPS) is 24.4. The van der Waals surface area contributed by atoms with E-state index in [1.807, 2.05) is 18.2 Å². The Morgan fingerprint density at radius 2 is 2.06 bits per heavy atom. The molecule has 1 atom stereocenters. The molecule has 84 valence electrons. The van der Waals surface area contributed by atoms with Crippen LogP contribution in [-0.2, 0) is 10.5 Å². The number of hydrazone groups is 1. The van der Waals surface area contributed by atoms with Gasteiger partial charge in [-0.25, -0.2) is 0 Å². The number of nitrogens with zero attached hydrogens (tertiary/aromatic N) is 2. The van der Waals surface area contributed by atoms with E-state index < -0.39 is 5.72 Å². The first-order chi connectivity index (χ1) is 7.54. The smallest absolute Gasteiger partial charge is 0.242 e. The summed E-state index contributed by atoms with van der Waals surface area (Å²) >= 11 is 0. The van der Waals surface area contributed by atoms with Crippen LogP contribution in [0.2, 0.25) is 0 Å². The maximum atomic E-state index is 11.4. The molecule has 0 bridgehead atoms. The van der Waals surface area contributed by atoms with Gasteiger partial charge in [-0.3, -0.25) is 4.79 Å². The van der Waals surface area contributed by atoms with Crippen LogP contribution in [0.3, 0.4) is 0 Å². The average molecular weight is 218 g/mol. The quantitative estimate of drug-likeness (QED) is 0.775. The molecule has 0 aromatic heterocycles. The lowest BCUT2D eigenvalue weighted by Crippen LogP contribution is -2.42. The zero-order chi connectivity index (χ0) is 11.8. The van der Waals surface area contributed by atoms with Gasteiger partial charge in [-0.05, 0) is 6.92 Å². The molecular weight excluding hydrogens is 204 g/mol. The lowest BCUT2D eigenvalue weighted by Gasteiger charge is -2.30. The molecule has 1 aromatic carbocycles. The second kappa shape index (κ2) is 3.72. The first kappa shape index (κ1) is 10.8. The number of carbonyl (C=O) groups excluding carboxylic acids is 1. The third-order valence-corrected chi connectivity index (χ3v) is 2.66. The molecule has 0 fully saturated rings. The summed E-state index contributed by atoms with van der Waals surface area (Å²) < 4.78 is 0. The Labute approximate surface area is 94.2 Å². The van der Waals surface area contributed by atoms with Crippen LogP contribution in [0.5, 0.6) is 0 Å². The van der Waals surface area contributed by atoms with Gasteiger partial charge in [-0.2, -0.15) is 10.1 Å². The number of rotatable bonds is 1. The van der Waals surface area contributed by atoms with Crippen LogP contribution in [0, 0.1) is 0 Å². The summed E-state index contributed by atoms with van der Waals surface area (Å²) in [5, 5.41) is 15.8. The van der Waals surface area contributed by atoms with Crippen molar-refractivity contribution in [1.82, 2.24) is 5.01 Å². The van der Waals surface area contributed by atoms with E-state index in [9.17, 15) is 9.90 Å². The summed E-state index contributed by atoms with van der Waals surface area (Å²) in [5.41, 5.74) is 0.115. The van der Waals surface area contributed by atoms with E-state index in [2.05, 4.69) is 5.10 Å². The van der Waals surface area contributed by atoms with Gasteiger partial charge in [0.25, 0.3) is 0 Å². The largest absolute Gasteiger partial charge is 0.365 e. The highest BCUT2D eigenvalue weighted by Crippen LogP contribution is 2.34. The molecule has 1 aliphatic heterocycles. The van der Waals surface area contributed by atoms with Crippen molar-refractivity contribution in [2.24, 2.45) is 5.10 Å². The van der Waals surface area contributed by atoms with E-state index in [1.165, 1.54) is 6.92 Å². The van der Waals surface area contributed by atoms with Crippen LogP contribution in [0.1, 0.15) is 25.8 Å². The van der Waals surface area contributed by atoms with Crippen molar-refractivity contribution in [3.8, 4) is 0 Å². The van der Waals surface area contributed by atoms with Gasteiger partial charge in [0.15, 0.2) is 5.72 Å². The number of hydrogen-bond donors (Lipinski definition) is 1. The van der Waals surface area contributed by atoms with Crippen LogP contribution < -0.4 is 0 Å². The zero-order valence-electron chi connectivity index (χ0n) is 9.34. The molecule has 0 spiro atoms. The molecule has 0 aliphatic carbocycles. The van der Waals surface area contributed by atoms with Crippen molar-refractivity contribution in [1.29, 1.82) is 0 Å². The fourth-order valence-corrected chi connectivity index (χ4v) is 1.98. The van der Waals surface area contributed by atoms with E-state index in [0.717, 1.165) is 10.7 Å². The van der Waals surface area contributed by atoms with Crippen molar-refractivity contribution >= 4 is 11.6 Å². The number of hydrogen-bond acceptors (Lipinski definition) is 3. The summed E-state index contributed by atoms with van der Waals surface area (Å²) in [5.74, 6) is -0.261. The Bertz CT molecular complexity index is 442. The average Bonchev–Trinajstić information content (AvgIpc) is 2.57. The van der Waals surface area contributed by atoms with Gasteiger partial charge < -0.3 is 5.11 Å². The summed E-state index contributed by atoms with van der Waals surface area (Å²) in [6.07, 6.45) is 0.358. The van der Waals surface area contributed by atoms with Crippen LogP contribution in [0.15, 0.2) is 35.4 Å². The van der Waals surface area contributed by atoms with Gasteiger partial charge in [0.1, 0.15) is 0 Å². The third-order valence-electron chi connectivity index (χ3n) is 2.66. The highest BCUT2D eigenvalue weighted by atomic mass is 16.3. The Balaban J connectivity index is 2.43. The Morgan fingerprint density at radius 3 is 2.62 bits per heavy atom. The van der Waals surface area contributed by atoms with E-state index >= 15 is 0 Å². The van der Waals surface area contributed by atoms with Crippen molar-refractivity contribution in [3.05, 3.63) is 35.9 Å². The highest BCUT2D eigenvalue weighted by molar-refractivity contribution is 5.88. The molecule has 1 heterocycles. The molecule has 4 heteroatoms. The molecule has 0 radical (unpaired) electrons. The van der Waals surface area contributed by atoms with Crippen LogP contribution >= 0.6 is 0 Å². The van der Waals surface area contributed by atoms with Gasteiger partial charge in [-0.1, -0.05) is 30.3 Å². The lowest BCUT2D eigenvalue weighted by atomic mass is 9.98. The predicted molar refractivity (Wildman–Crippen MR) is 60.6 cm³/mol. The maximum Gasteiger partial charge on any atom is 0.242 e. The SMILES string of the molecule is CC(=O)N1N=C(C)C[C@@]1(O)c1ccccc1. The summed E-state index contributed by atoms with van der Waals surface area (Å²) in [6, 6.07) is 9.13. The topological polar surface area (TPSA) is 52.9 Å². The molecule has 0 saturated heterocycles. The molecule has 0 unspecified atom stereocenters. The molecule has 16 heavy (non-hydrogen) atoms. The number of amides is 1. The Kier molecular flexibility index (Phi) is 2.52. The summed E-state index contributed by atoms with van der Waals surface area (Å²) in [6.45, 7) is 3.20. The van der Waals surface area contributed by atoms with E-state index in [0.29, 0.717) is 12.0 Å². The van der Waals surface area contributed by atoms with Gasteiger partial charge in [0.05, 0.1) is 0 Å². The molecule has 2 rings (SSSR count). The molecule has 4 nitrogen and oxygen atoms in total. The van der Waals surface area contributed by atoms with Gasteiger partial charge in [0, 0.05) is 24.6 Å². The Morgan fingerprint density at radius 1 is 1.44 bits per heavy atom. The fourth-order valence-electron chi connectivity index (χ4n) is 1.98. The zero-order valence-corrected chi connectivity index (χ0v) is 9.34. The summed E-state index contributed by atoms with van der Waals surface area (Å²) in [7, 11) is 0. The maximum absolute atomic E-state index is 11.4. The van der Waals surface area contributed by atoms with Gasteiger partial charge in [-0.15, -0.1) is 0 Å².